The lowest BCUT2D eigenvalue weighted by molar-refractivity contribution is 0.321. The third kappa shape index (κ3) is 3.14. The molecule has 0 spiro atoms. The summed E-state index contributed by atoms with van der Waals surface area (Å²) < 4.78 is 27.5. The number of aryl methyl sites for hydroxylation is 1. The van der Waals surface area contributed by atoms with E-state index in [2.05, 4.69) is 20.9 Å². The minimum absolute atomic E-state index is 0.0965. The minimum Gasteiger partial charge on any atom is -0.211 e. The second-order valence-electron chi connectivity index (χ2n) is 4.38. The number of sulfonamides is 1. The number of carbonyl (C=O) groups excluding carboxylic acids is 1. The van der Waals surface area contributed by atoms with Gasteiger partial charge in [0.05, 0.1) is 9.83 Å². The number of isocyanates is 1. The monoisotopic (exact) mass is 364 g/mol. The Morgan fingerprint density at radius 3 is 2.58 bits per heavy atom. The molecule has 0 aliphatic carbocycles. The third-order valence-corrected chi connectivity index (χ3v) is 7.57. The number of nitrogens with zero attached hydrogens (tertiary/aromatic N) is 2. The number of rotatable bonds is 3. The second kappa shape index (κ2) is 5.85. The van der Waals surface area contributed by atoms with Gasteiger partial charge in [-0.2, -0.15) is 4.31 Å². The maximum Gasteiger partial charge on any atom is 0.252 e. The van der Waals surface area contributed by atoms with Crippen molar-refractivity contribution in [2.24, 2.45) is 4.99 Å². The van der Waals surface area contributed by atoms with Crippen LogP contribution in [0.15, 0.2) is 19.1 Å². The lowest BCUT2D eigenvalue weighted by Gasteiger charge is -2.28. The first-order chi connectivity index (χ1) is 8.95. The first-order valence-corrected chi connectivity index (χ1v) is 8.83. The van der Waals surface area contributed by atoms with E-state index in [1.165, 1.54) is 21.7 Å². The largest absolute Gasteiger partial charge is 0.252 e. The quantitative estimate of drug-likeness (QED) is 0.610. The Morgan fingerprint density at radius 2 is 2.11 bits per heavy atom. The van der Waals surface area contributed by atoms with Crippen LogP contribution in [-0.2, 0) is 14.8 Å². The van der Waals surface area contributed by atoms with Gasteiger partial charge in [-0.3, -0.25) is 0 Å². The lowest BCUT2D eigenvalue weighted by Crippen LogP contribution is -2.39. The minimum atomic E-state index is -3.42. The molecule has 0 N–H and O–H groups in total. The smallest absolute Gasteiger partial charge is 0.211 e. The molecule has 0 saturated carbocycles. The Hall–Kier alpha value is -0.530. The fourth-order valence-electron chi connectivity index (χ4n) is 1.97. The highest BCUT2D eigenvalue weighted by atomic mass is 79.9. The van der Waals surface area contributed by atoms with Crippen molar-refractivity contribution in [2.75, 3.05) is 13.1 Å². The van der Waals surface area contributed by atoms with Gasteiger partial charge in [-0.1, -0.05) is 0 Å². The summed E-state index contributed by atoms with van der Waals surface area (Å²) >= 11 is 4.57. The summed E-state index contributed by atoms with van der Waals surface area (Å²) in [6.07, 6.45) is 2.68. The van der Waals surface area contributed by atoms with E-state index >= 15 is 0 Å². The van der Waals surface area contributed by atoms with E-state index in [0.717, 1.165) is 9.35 Å². The van der Waals surface area contributed by atoms with Crippen LogP contribution in [0.4, 0.5) is 0 Å². The van der Waals surface area contributed by atoms with E-state index in [-0.39, 0.29) is 6.04 Å². The zero-order valence-electron chi connectivity index (χ0n) is 10.3. The Kier molecular flexibility index (Phi) is 4.58. The fraction of sp³-hybridized carbons (Fsp3) is 0.545. The van der Waals surface area contributed by atoms with Crippen LogP contribution in [0.2, 0.25) is 0 Å². The van der Waals surface area contributed by atoms with Crippen LogP contribution in [0, 0.1) is 6.92 Å². The van der Waals surface area contributed by atoms with Gasteiger partial charge in [0.15, 0.2) is 0 Å². The van der Waals surface area contributed by atoms with Crippen molar-refractivity contribution in [2.45, 2.75) is 30.0 Å². The van der Waals surface area contributed by atoms with Gasteiger partial charge in [0.2, 0.25) is 6.08 Å². The molecule has 1 aliphatic heterocycles. The molecule has 19 heavy (non-hydrogen) atoms. The molecular formula is C11H13BrN2O3S2. The highest BCUT2D eigenvalue weighted by Crippen LogP contribution is 2.33. The van der Waals surface area contributed by atoms with Gasteiger partial charge in [-0.15, -0.1) is 11.3 Å². The van der Waals surface area contributed by atoms with Gasteiger partial charge in [0, 0.05) is 13.1 Å². The van der Waals surface area contributed by atoms with Crippen molar-refractivity contribution in [1.82, 2.24) is 4.31 Å². The van der Waals surface area contributed by atoms with E-state index in [0.29, 0.717) is 30.1 Å². The van der Waals surface area contributed by atoms with Crippen molar-refractivity contribution in [3.63, 3.8) is 0 Å². The predicted molar refractivity (Wildman–Crippen MR) is 76.7 cm³/mol. The van der Waals surface area contributed by atoms with E-state index in [1.54, 1.807) is 6.07 Å². The summed E-state index contributed by atoms with van der Waals surface area (Å²) in [5, 5.41) is 0. The van der Waals surface area contributed by atoms with Crippen molar-refractivity contribution in [3.05, 3.63) is 15.4 Å². The van der Waals surface area contributed by atoms with Crippen LogP contribution < -0.4 is 0 Å². The van der Waals surface area contributed by atoms with Crippen molar-refractivity contribution < 1.29 is 13.2 Å². The van der Waals surface area contributed by atoms with Crippen molar-refractivity contribution in [3.8, 4) is 0 Å². The summed E-state index contributed by atoms with van der Waals surface area (Å²) in [5.74, 6) is 0. The predicted octanol–water partition coefficient (Wildman–Crippen LogP) is 2.31. The average Bonchev–Trinajstić information content (AvgIpc) is 2.71. The van der Waals surface area contributed by atoms with E-state index in [4.69, 9.17) is 0 Å². The average molecular weight is 365 g/mol. The Balaban J connectivity index is 2.16. The molecule has 104 valence electrons. The molecule has 0 atom stereocenters. The van der Waals surface area contributed by atoms with E-state index in [9.17, 15) is 13.2 Å². The highest BCUT2D eigenvalue weighted by molar-refractivity contribution is 9.11. The Labute approximate surface area is 124 Å². The molecule has 2 rings (SSSR count). The zero-order valence-corrected chi connectivity index (χ0v) is 13.5. The topological polar surface area (TPSA) is 66.8 Å². The van der Waals surface area contributed by atoms with Crippen LogP contribution in [0.3, 0.4) is 0 Å². The number of hydrogen-bond donors (Lipinski definition) is 0. The maximum absolute atomic E-state index is 12.4. The summed E-state index contributed by atoms with van der Waals surface area (Å²) in [6.45, 7) is 2.66. The van der Waals surface area contributed by atoms with Gasteiger partial charge in [0.1, 0.15) is 4.21 Å². The molecule has 1 aromatic rings. The van der Waals surface area contributed by atoms with Gasteiger partial charge in [0.25, 0.3) is 10.0 Å². The van der Waals surface area contributed by atoms with E-state index < -0.39 is 10.0 Å². The molecule has 2 heterocycles. The zero-order chi connectivity index (χ0) is 14.0. The van der Waals surface area contributed by atoms with Gasteiger partial charge < -0.3 is 0 Å². The summed E-state index contributed by atoms with van der Waals surface area (Å²) in [5.41, 5.74) is 0.920. The number of thiophene rings is 1. The van der Waals surface area contributed by atoms with Crippen LogP contribution in [0.25, 0.3) is 0 Å². The number of hydrogen-bond acceptors (Lipinski definition) is 5. The van der Waals surface area contributed by atoms with E-state index in [1.807, 2.05) is 6.92 Å². The highest BCUT2D eigenvalue weighted by Gasteiger charge is 2.30. The first-order valence-electron chi connectivity index (χ1n) is 5.78. The van der Waals surface area contributed by atoms with Crippen LogP contribution in [0.5, 0.6) is 0 Å². The number of halogens is 1. The first kappa shape index (κ1) is 14.9. The molecule has 0 unspecified atom stereocenters. The van der Waals surface area contributed by atoms with Crippen molar-refractivity contribution >= 4 is 43.4 Å². The molecule has 0 aromatic carbocycles. The molecule has 5 nitrogen and oxygen atoms in total. The molecule has 0 radical (unpaired) electrons. The van der Waals surface area contributed by atoms with Crippen LogP contribution >= 0.6 is 27.3 Å². The van der Waals surface area contributed by atoms with Gasteiger partial charge in [-0.25, -0.2) is 18.2 Å². The van der Waals surface area contributed by atoms with Crippen molar-refractivity contribution in [1.29, 1.82) is 0 Å². The second-order valence-corrected chi connectivity index (χ2v) is 8.91. The standard InChI is InChI=1S/C11H13BrN2O3S2/c1-8-6-10(18-11(8)12)19(16,17)14-4-2-9(3-5-14)13-7-15/h6,9H,2-5H2,1H3. The SMILES string of the molecule is Cc1cc(S(=O)(=O)N2CCC(N=C=O)CC2)sc1Br. The Bertz CT molecular complexity index is 592. The molecule has 8 heteroatoms. The molecule has 0 amide bonds. The number of piperidine rings is 1. The number of aliphatic imine (C=N–C) groups is 1. The third-order valence-electron chi connectivity index (χ3n) is 3.09. The van der Waals surface area contributed by atoms with Gasteiger partial charge in [-0.05, 0) is 47.3 Å². The van der Waals surface area contributed by atoms with Gasteiger partial charge >= 0.3 is 0 Å². The van der Waals surface area contributed by atoms with Crippen LogP contribution in [0.1, 0.15) is 18.4 Å². The fourth-order valence-corrected chi connectivity index (χ4v) is 5.82. The molecule has 1 fully saturated rings. The summed E-state index contributed by atoms with van der Waals surface area (Å²) in [7, 11) is -3.42. The lowest BCUT2D eigenvalue weighted by atomic mass is 10.1. The molecule has 1 aromatic heterocycles. The van der Waals surface area contributed by atoms with Crippen LogP contribution in [-0.4, -0.2) is 37.9 Å². The normalized spacial score (nSPS) is 18.2. The molecular weight excluding hydrogens is 352 g/mol. The Morgan fingerprint density at radius 1 is 1.47 bits per heavy atom. The molecule has 1 aliphatic rings. The molecule has 0 bridgehead atoms. The molecule has 1 saturated heterocycles. The summed E-state index contributed by atoms with van der Waals surface area (Å²) in [6, 6.07) is 1.58. The summed E-state index contributed by atoms with van der Waals surface area (Å²) in [4.78, 5) is 13.8. The maximum atomic E-state index is 12.4.